The molecule has 3 rings (SSSR count). The average Bonchev–Trinajstić information content (AvgIpc) is 2.96. The van der Waals surface area contributed by atoms with Gasteiger partial charge in [0.05, 0.1) is 6.54 Å². The third-order valence-corrected chi connectivity index (χ3v) is 5.23. The summed E-state index contributed by atoms with van der Waals surface area (Å²) in [4.78, 5) is 4.86. The molecule has 0 aromatic carbocycles. The molecule has 1 N–H and O–H groups in total. The number of aliphatic hydroxyl groups is 1. The molecule has 1 aromatic rings. The zero-order valence-electron chi connectivity index (χ0n) is 12.6. The van der Waals surface area contributed by atoms with Crippen LogP contribution in [0.5, 0.6) is 0 Å². The van der Waals surface area contributed by atoms with Crippen molar-refractivity contribution < 1.29 is 9.52 Å². The molecule has 4 nitrogen and oxygen atoms in total. The molecule has 1 atom stereocenters. The van der Waals surface area contributed by atoms with Gasteiger partial charge < -0.3 is 14.4 Å². The van der Waals surface area contributed by atoms with Gasteiger partial charge in [0.2, 0.25) is 0 Å². The van der Waals surface area contributed by atoms with Gasteiger partial charge in [-0.3, -0.25) is 4.90 Å². The number of furan rings is 1. The first-order valence-corrected chi connectivity index (χ1v) is 7.68. The Morgan fingerprint density at radius 3 is 2.70 bits per heavy atom. The summed E-state index contributed by atoms with van der Waals surface area (Å²) in [6, 6.07) is 4.12. The summed E-state index contributed by atoms with van der Waals surface area (Å²) in [5, 5.41) is 9.65. The molecule has 4 heteroatoms. The van der Waals surface area contributed by atoms with Crippen LogP contribution in [0.2, 0.25) is 0 Å². The van der Waals surface area contributed by atoms with Gasteiger partial charge in [-0.2, -0.15) is 0 Å². The van der Waals surface area contributed by atoms with Crippen LogP contribution in [0.3, 0.4) is 0 Å². The highest BCUT2D eigenvalue weighted by Gasteiger charge is 2.46. The quantitative estimate of drug-likeness (QED) is 0.914. The summed E-state index contributed by atoms with van der Waals surface area (Å²) in [6.07, 6.45) is 2.39. The van der Waals surface area contributed by atoms with Crippen molar-refractivity contribution >= 4 is 0 Å². The maximum absolute atomic E-state index is 9.65. The third kappa shape index (κ3) is 2.65. The van der Waals surface area contributed by atoms with E-state index in [0.29, 0.717) is 17.9 Å². The number of aryl methyl sites for hydroxylation is 1. The summed E-state index contributed by atoms with van der Waals surface area (Å²) < 4.78 is 5.67. The van der Waals surface area contributed by atoms with E-state index in [4.69, 9.17) is 4.42 Å². The van der Waals surface area contributed by atoms with Crippen molar-refractivity contribution in [3.05, 3.63) is 23.7 Å². The highest BCUT2D eigenvalue weighted by atomic mass is 16.3. The highest BCUT2D eigenvalue weighted by Crippen LogP contribution is 2.44. The molecule has 3 heterocycles. The topological polar surface area (TPSA) is 39.9 Å². The Morgan fingerprint density at radius 2 is 2.10 bits per heavy atom. The van der Waals surface area contributed by atoms with E-state index in [2.05, 4.69) is 22.9 Å². The van der Waals surface area contributed by atoms with Crippen molar-refractivity contribution in [3.63, 3.8) is 0 Å². The summed E-state index contributed by atoms with van der Waals surface area (Å²) in [6.45, 7) is 7.67. The van der Waals surface area contributed by atoms with Crippen molar-refractivity contribution in [1.82, 2.24) is 9.80 Å². The van der Waals surface area contributed by atoms with Crippen LogP contribution in [0, 0.1) is 18.3 Å². The lowest BCUT2D eigenvalue weighted by atomic mass is 9.71. The van der Waals surface area contributed by atoms with Crippen LogP contribution < -0.4 is 0 Å². The van der Waals surface area contributed by atoms with E-state index in [1.54, 1.807) is 0 Å². The summed E-state index contributed by atoms with van der Waals surface area (Å²) in [7, 11) is 2.18. The van der Waals surface area contributed by atoms with Crippen LogP contribution in [0.4, 0.5) is 0 Å². The predicted molar refractivity (Wildman–Crippen MR) is 78.5 cm³/mol. The van der Waals surface area contributed by atoms with E-state index in [0.717, 1.165) is 44.2 Å². The second kappa shape index (κ2) is 5.51. The van der Waals surface area contributed by atoms with Gasteiger partial charge in [-0.15, -0.1) is 0 Å². The van der Waals surface area contributed by atoms with Gasteiger partial charge in [0, 0.05) is 25.6 Å². The van der Waals surface area contributed by atoms with Gasteiger partial charge in [-0.1, -0.05) is 0 Å². The van der Waals surface area contributed by atoms with Crippen molar-refractivity contribution in [2.45, 2.75) is 26.3 Å². The minimum atomic E-state index is 0.335. The molecule has 20 heavy (non-hydrogen) atoms. The van der Waals surface area contributed by atoms with Gasteiger partial charge in [-0.05, 0) is 57.5 Å². The first-order valence-electron chi connectivity index (χ1n) is 7.68. The largest absolute Gasteiger partial charge is 0.465 e. The Labute approximate surface area is 121 Å². The first kappa shape index (κ1) is 14.1. The molecule has 2 aliphatic heterocycles. The lowest BCUT2D eigenvalue weighted by Gasteiger charge is -2.42. The number of rotatable bonds is 3. The van der Waals surface area contributed by atoms with Gasteiger partial charge in [0.1, 0.15) is 11.5 Å². The Bertz CT molecular complexity index is 449. The van der Waals surface area contributed by atoms with Gasteiger partial charge >= 0.3 is 0 Å². The fourth-order valence-corrected chi connectivity index (χ4v) is 4.07. The molecular weight excluding hydrogens is 252 g/mol. The molecule has 2 fully saturated rings. The first-order chi connectivity index (χ1) is 9.61. The molecule has 1 unspecified atom stereocenters. The number of aliphatic hydroxyl groups excluding tert-OH is 1. The summed E-state index contributed by atoms with van der Waals surface area (Å²) in [5.74, 6) is 2.52. The normalized spacial score (nSPS) is 27.4. The average molecular weight is 278 g/mol. The van der Waals surface area contributed by atoms with E-state index in [9.17, 15) is 5.11 Å². The predicted octanol–water partition coefficient (Wildman–Crippen LogP) is 1.72. The van der Waals surface area contributed by atoms with Crippen molar-refractivity contribution in [1.29, 1.82) is 0 Å². The Morgan fingerprint density at radius 1 is 1.35 bits per heavy atom. The zero-order valence-corrected chi connectivity index (χ0v) is 12.6. The fourth-order valence-electron chi connectivity index (χ4n) is 4.07. The second-order valence-electron chi connectivity index (χ2n) is 6.73. The van der Waals surface area contributed by atoms with Crippen LogP contribution in [-0.2, 0) is 6.54 Å². The molecule has 0 radical (unpaired) electrons. The zero-order chi connectivity index (χ0) is 14.2. The molecular formula is C16H26N2O2. The lowest BCUT2D eigenvalue weighted by Crippen LogP contribution is -2.44. The van der Waals surface area contributed by atoms with E-state index in [1.165, 1.54) is 12.8 Å². The van der Waals surface area contributed by atoms with Crippen LogP contribution >= 0.6 is 0 Å². The van der Waals surface area contributed by atoms with Gasteiger partial charge in [0.25, 0.3) is 0 Å². The fraction of sp³-hybridized carbons (Fsp3) is 0.750. The molecule has 2 aliphatic rings. The molecule has 112 valence electrons. The van der Waals surface area contributed by atoms with Crippen LogP contribution in [0.15, 0.2) is 16.5 Å². The van der Waals surface area contributed by atoms with Gasteiger partial charge in [-0.25, -0.2) is 0 Å². The monoisotopic (exact) mass is 278 g/mol. The molecule has 0 aliphatic carbocycles. The third-order valence-electron chi connectivity index (χ3n) is 5.23. The molecule has 0 saturated carbocycles. The summed E-state index contributed by atoms with van der Waals surface area (Å²) in [5.41, 5.74) is 0.346. The maximum Gasteiger partial charge on any atom is 0.118 e. The second-order valence-corrected chi connectivity index (χ2v) is 6.73. The number of hydrogen-bond donors (Lipinski definition) is 1. The number of piperidine rings is 1. The standard InChI is InChI=1S/C16H26N2O2/c1-13-3-4-15(20-13)10-18-7-5-16(6-8-18)12-17(2)9-14(16)11-19/h3-4,14,19H,5-12H2,1-2H3. The molecule has 0 amide bonds. The van der Waals surface area contributed by atoms with Crippen LogP contribution in [-0.4, -0.2) is 54.7 Å². The van der Waals surface area contributed by atoms with Crippen molar-refractivity contribution in [2.24, 2.45) is 11.3 Å². The number of nitrogens with zero attached hydrogens (tertiary/aromatic N) is 2. The smallest absolute Gasteiger partial charge is 0.118 e. The maximum atomic E-state index is 9.65. The van der Waals surface area contributed by atoms with Crippen molar-refractivity contribution in [2.75, 3.05) is 39.8 Å². The number of hydrogen-bond acceptors (Lipinski definition) is 4. The van der Waals surface area contributed by atoms with E-state index in [1.807, 2.05) is 13.0 Å². The Kier molecular flexibility index (Phi) is 3.89. The Hall–Kier alpha value is -0.840. The SMILES string of the molecule is Cc1ccc(CN2CCC3(CC2)CN(C)CC3CO)o1. The van der Waals surface area contributed by atoms with Gasteiger partial charge in [0.15, 0.2) is 0 Å². The minimum absolute atomic E-state index is 0.335. The van der Waals surface area contributed by atoms with E-state index < -0.39 is 0 Å². The van der Waals surface area contributed by atoms with E-state index >= 15 is 0 Å². The minimum Gasteiger partial charge on any atom is -0.465 e. The van der Waals surface area contributed by atoms with Crippen molar-refractivity contribution in [3.8, 4) is 0 Å². The molecule has 0 bridgehead atoms. The van der Waals surface area contributed by atoms with Crippen LogP contribution in [0.25, 0.3) is 0 Å². The lowest BCUT2D eigenvalue weighted by molar-refractivity contribution is 0.0462. The summed E-state index contributed by atoms with van der Waals surface area (Å²) >= 11 is 0. The van der Waals surface area contributed by atoms with Crippen LogP contribution in [0.1, 0.15) is 24.4 Å². The Balaban J connectivity index is 1.59. The van der Waals surface area contributed by atoms with E-state index in [-0.39, 0.29) is 0 Å². The molecule has 1 aromatic heterocycles. The number of likely N-dealkylation sites (tertiary alicyclic amines) is 2. The highest BCUT2D eigenvalue weighted by molar-refractivity contribution is 5.06. The molecule has 2 saturated heterocycles. The molecule has 1 spiro atoms.